The summed E-state index contributed by atoms with van der Waals surface area (Å²) in [7, 11) is 0. The first kappa shape index (κ1) is 13.4. The SMILES string of the molecule is CCC[C@@H](NC(=O)c1ccc(Cl)cn1)C(=O)O. The minimum atomic E-state index is -1.05. The van der Waals surface area contributed by atoms with Gasteiger partial charge in [-0.2, -0.15) is 0 Å². The summed E-state index contributed by atoms with van der Waals surface area (Å²) in [6, 6.07) is 2.09. The Kier molecular flexibility index (Phi) is 4.90. The fraction of sp³-hybridized carbons (Fsp3) is 0.364. The molecular formula is C11H13ClN2O3. The molecule has 0 aliphatic rings. The van der Waals surface area contributed by atoms with Crippen molar-refractivity contribution in [1.82, 2.24) is 10.3 Å². The number of pyridine rings is 1. The summed E-state index contributed by atoms with van der Waals surface area (Å²) in [5, 5.41) is 11.7. The Balaban J connectivity index is 2.70. The number of nitrogens with zero attached hydrogens (tertiary/aromatic N) is 1. The van der Waals surface area contributed by atoms with E-state index in [2.05, 4.69) is 10.3 Å². The van der Waals surface area contributed by atoms with Gasteiger partial charge >= 0.3 is 5.97 Å². The molecule has 1 heterocycles. The van der Waals surface area contributed by atoms with E-state index < -0.39 is 17.9 Å². The van der Waals surface area contributed by atoms with Crippen molar-refractivity contribution in [3.63, 3.8) is 0 Å². The lowest BCUT2D eigenvalue weighted by Crippen LogP contribution is -2.40. The lowest BCUT2D eigenvalue weighted by Gasteiger charge is -2.12. The zero-order valence-electron chi connectivity index (χ0n) is 9.31. The number of nitrogens with one attached hydrogen (secondary N) is 1. The van der Waals surface area contributed by atoms with E-state index in [9.17, 15) is 9.59 Å². The van der Waals surface area contributed by atoms with Gasteiger partial charge in [0.05, 0.1) is 5.02 Å². The van der Waals surface area contributed by atoms with E-state index >= 15 is 0 Å². The van der Waals surface area contributed by atoms with Crippen molar-refractivity contribution in [3.8, 4) is 0 Å². The summed E-state index contributed by atoms with van der Waals surface area (Å²) in [6.45, 7) is 1.85. The third-order valence-corrected chi connectivity index (χ3v) is 2.36. The predicted molar refractivity (Wildman–Crippen MR) is 63.0 cm³/mol. The molecule has 0 unspecified atom stereocenters. The number of carboxylic acid groups (broad SMARTS) is 1. The maximum Gasteiger partial charge on any atom is 0.326 e. The van der Waals surface area contributed by atoms with E-state index in [1.165, 1.54) is 18.3 Å². The summed E-state index contributed by atoms with van der Waals surface area (Å²) in [5.74, 6) is -1.56. The van der Waals surface area contributed by atoms with Crippen LogP contribution in [-0.2, 0) is 4.79 Å². The van der Waals surface area contributed by atoms with Gasteiger partial charge in [0.25, 0.3) is 5.91 Å². The molecule has 1 aromatic rings. The number of carboxylic acids is 1. The molecule has 17 heavy (non-hydrogen) atoms. The van der Waals surface area contributed by atoms with Crippen LogP contribution in [0, 0.1) is 0 Å². The highest BCUT2D eigenvalue weighted by atomic mass is 35.5. The van der Waals surface area contributed by atoms with Crippen molar-refractivity contribution in [1.29, 1.82) is 0 Å². The van der Waals surface area contributed by atoms with Gasteiger partial charge < -0.3 is 10.4 Å². The number of aliphatic carboxylic acids is 1. The standard InChI is InChI=1S/C11H13ClN2O3/c1-2-3-9(11(16)17)14-10(15)8-5-4-7(12)6-13-8/h4-6,9H,2-3H2,1H3,(H,14,15)(H,16,17)/t9-/m1/s1. The topological polar surface area (TPSA) is 79.3 Å². The molecule has 0 spiro atoms. The molecule has 92 valence electrons. The molecule has 0 radical (unpaired) electrons. The van der Waals surface area contributed by atoms with E-state index in [1.807, 2.05) is 6.92 Å². The highest BCUT2D eigenvalue weighted by Crippen LogP contribution is 2.06. The van der Waals surface area contributed by atoms with Crippen molar-refractivity contribution in [2.75, 3.05) is 0 Å². The van der Waals surface area contributed by atoms with Gasteiger partial charge in [0.15, 0.2) is 0 Å². The molecule has 0 bridgehead atoms. The minimum absolute atomic E-state index is 0.150. The van der Waals surface area contributed by atoms with Gasteiger partial charge in [-0.1, -0.05) is 24.9 Å². The molecule has 6 heteroatoms. The minimum Gasteiger partial charge on any atom is -0.480 e. The molecule has 1 aromatic heterocycles. The number of rotatable bonds is 5. The summed E-state index contributed by atoms with van der Waals surface area (Å²) < 4.78 is 0. The van der Waals surface area contributed by atoms with Gasteiger partial charge in [-0.05, 0) is 18.6 Å². The van der Waals surface area contributed by atoms with Gasteiger partial charge in [0, 0.05) is 6.20 Å². The van der Waals surface area contributed by atoms with Gasteiger partial charge in [0.1, 0.15) is 11.7 Å². The average molecular weight is 257 g/mol. The maximum atomic E-state index is 11.7. The second-order valence-electron chi connectivity index (χ2n) is 3.51. The smallest absolute Gasteiger partial charge is 0.326 e. The molecule has 0 fully saturated rings. The van der Waals surface area contributed by atoms with Gasteiger partial charge in [0.2, 0.25) is 0 Å². The van der Waals surface area contributed by atoms with Crippen molar-refractivity contribution in [2.45, 2.75) is 25.8 Å². The monoisotopic (exact) mass is 256 g/mol. The lowest BCUT2D eigenvalue weighted by atomic mass is 10.1. The van der Waals surface area contributed by atoms with Crippen LogP contribution < -0.4 is 5.32 Å². The van der Waals surface area contributed by atoms with Crippen LogP contribution in [0.1, 0.15) is 30.3 Å². The number of carbonyl (C=O) groups excluding carboxylic acids is 1. The molecule has 0 saturated carbocycles. The Morgan fingerprint density at radius 2 is 2.24 bits per heavy atom. The molecule has 2 N–H and O–H groups in total. The number of halogens is 1. The largest absolute Gasteiger partial charge is 0.480 e. The van der Waals surface area contributed by atoms with E-state index in [-0.39, 0.29) is 5.69 Å². The second-order valence-corrected chi connectivity index (χ2v) is 3.95. The third-order valence-electron chi connectivity index (χ3n) is 2.14. The summed E-state index contributed by atoms with van der Waals surface area (Å²) in [5.41, 5.74) is 0.150. The Morgan fingerprint density at radius 1 is 1.53 bits per heavy atom. The van der Waals surface area contributed by atoms with Crippen LogP contribution >= 0.6 is 11.6 Å². The first-order chi connectivity index (χ1) is 8.04. The maximum absolute atomic E-state index is 11.7. The van der Waals surface area contributed by atoms with E-state index in [0.717, 1.165) is 0 Å². The number of aromatic nitrogens is 1. The average Bonchev–Trinajstić information content (AvgIpc) is 2.29. The first-order valence-electron chi connectivity index (χ1n) is 5.19. The quantitative estimate of drug-likeness (QED) is 0.841. The van der Waals surface area contributed by atoms with Crippen LogP contribution in [0.4, 0.5) is 0 Å². The second kappa shape index (κ2) is 6.20. The molecule has 0 aliphatic carbocycles. The van der Waals surface area contributed by atoms with E-state index in [4.69, 9.17) is 16.7 Å². The number of hydrogen-bond acceptors (Lipinski definition) is 3. The molecule has 1 atom stereocenters. The van der Waals surface area contributed by atoms with Crippen molar-refractivity contribution in [2.24, 2.45) is 0 Å². The summed E-state index contributed by atoms with van der Waals surface area (Å²) in [6.07, 6.45) is 2.39. The van der Waals surface area contributed by atoms with E-state index in [0.29, 0.717) is 17.9 Å². The normalized spacial score (nSPS) is 11.9. The van der Waals surface area contributed by atoms with Crippen LogP contribution in [0.5, 0.6) is 0 Å². The number of carbonyl (C=O) groups is 2. The molecular weight excluding hydrogens is 244 g/mol. The molecule has 1 rings (SSSR count). The van der Waals surface area contributed by atoms with Crippen LogP contribution in [0.25, 0.3) is 0 Å². The Labute approximate surface area is 104 Å². The highest BCUT2D eigenvalue weighted by Gasteiger charge is 2.19. The Bertz CT molecular complexity index is 406. The first-order valence-corrected chi connectivity index (χ1v) is 5.57. The Morgan fingerprint density at radius 3 is 2.71 bits per heavy atom. The van der Waals surface area contributed by atoms with E-state index in [1.54, 1.807) is 0 Å². The fourth-order valence-corrected chi connectivity index (χ4v) is 1.40. The molecule has 5 nitrogen and oxygen atoms in total. The van der Waals surface area contributed by atoms with Crippen LogP contribution in [0.3, 0.4) is 0 Å². The van der Waals surface area contributed by atoms with Crippen molar-refractivity contribution in [3.05, 3.63) is 29.0 Å². The van der Waals surface area contributed by atoms with Gasteiger partial charge in [-0.3, -0.25) is 4.79 Å². The van der Waals surface area contributed by atoms with Crippen molar-refractivity contribution < 1.29 is 14.7 Å². The summed E-state index contributed by atoms with van der Waals surface area (Å²) >= 11 is 5.63. The Hall–Kier alpha value is -1.62. The van der Waals surface area contributed by atoms with Gasteiger partial charge in [-0.25, -0.2) is 9.78 Å². The molecule has 0 aromatic carbocycles. The van der Waals surface area contributed by atoms with Crippen LogP contribution in [-0.4, -0.2) is 28.0 Å². The summed E-state index contributed by atoms with van der Waals surface area (Å²) in [4.78, 5) is 26.3. The van der Waals surface area contributed by atoms with Gasteiger partial charge in [-0.15, -0.1) is 0 Å². The molecule has 0 saturated heterocycles. The lowest BCUT2D eigenvalue weighted by molar-refractivity contribution is -0.139. The third kappa shape index (κ3) is 4.03. The van der Waals surface area contributed by atoms with Crippen LogP contribution in [0.15, 0.2) is 18.3 Å². The molecule has 1 amide bonds. The zero-order chi connectivity index (χ0) is 12.8. The number of amides is 1. The van der Waals surface area contributed by atoms with Crippen molar-refractivity contribution >= 4 is 23.5 Å². The fourth-order valence-electron chi connectivity index (χ4n) is 1.29. The highest BCUT2D eigenvalue weighted by molar-refractivity contribution is 6.30. The zero-order valence-corrected chi connectivity index (χ0v) is 10.1. The molecule has 0 aliphatic heterocycles. The number of hydrogen-bond donors (Lipinski definition) is 2. The predicted octanol–water partition coefficient (Wildman–Crippen LogP) is 1.72. The van der Waals surface area contributed by atoms with Crippen LogP contribution in [0.2, 0.25) is 5.02 Å².